The molecule has 0 unspecified atom stereocenters. The van der Waals surface area contributed by atoms with Gasteiger partial charge in [0.05, 0.1) is 74.1 Å². The Bertz CT molecular complexity index is 6510. The molecule has 29 heteroatoms. The summed E-state index contributed by atoms with van der Waals surface area (Å²) in [4.78, 5) is 108. The lowest BCUT2D eigenvalue weighted by Crippen LogP contribution is -2.38. The number of benzene rings is 4. The number of ether oxygens (including phenoxy) is 1. The lowest BCUT2D eigenvalue weighted by atomic mass is 9.95. The number of imidazole rings is 4. The number of fused-ring (bicyclic) bond motifs is 8. The minimum Gasteiger partial charge on any atom is -0.378 e. The molecule has 4 amide bonds. The molecule has 29 nitrogen and oxygen atoms in total. The summed E-state index contributed by atoms with van der Waals surface area (Å²) in [5.74, 6) is 13.8. The molecule has 132 heavy (non-hydrogen) atoms. The summed E-state index contributed by atoms with van der Waals surface area (Å²) in [5.41, 5.74) is 25.1. The second kappa shape index (κ2) is 35.0. The topological polar surface area (TPSA) is 268 Å². The Morgan fingerprint density at radius 1 is 0.402 bits per heavy atom. The van der Waals surface area contributed by atoms with Gasteiger partial charge in [-0.1, -0.05) is 29.4 Å². The number of hydrogen-bond donors (Lipinski definition) is 1. The number of pyridine rings is 2. The zero-order valence-electron chi connectivity index (χ0n) is 77.1. The Kier molecular flexibility index (Phi) is 22.4. The molecule has 682 valence electrons. The number of morpholine rings is 1. The normalized spacial score (nSPS) is 18.4. The second-order valence-electron chi connectivity index (χ2n) is 38.4. The van der Waals surface area contributed by atoms with Crippen molar-refractivity contribution in [3.05, 3.63) is 212 Å². The Labute approximate surface area is 769 Å². The maximum absolute atomic E-state index is 12.2. The maximum atomic E-state index is 12.2. The highest BCUT2D eigenvalue weighted by Gasteiger charge is 2.42. The number of carbonyl (C=O) groups is 4. The molecule has 1 N–H and O–H groups in total. The van der Waals surface area contributed by atoms with Crippen molar-refractivity contribution in [3.63, 3.8) is 0 Å². The van der Waals surface area contributed by atoms with E-state index in [4.69, 9.17) is 29.2 Å². The van der Waals surface area contributed by atoms with Gasteiger partial charge in [0.15, 0.2) is 23.3 Å². The van der Waals surface area contributed by atoms with Crippen molar-refractivity contribution in [2.75, 3.05) is 103 Å². The fraction of sp³-hybridized carbons (Fsp3) is 0.456. The van der Waals surface area contributed by atoms with Crippen LogP contribution in [0.1, 0.15) is 208 Å². The summed E-state index contributed by atoms with van der Waals surface area (Å²) in [5, 5.41) is 8.45. The van der Waals surface area contributed by atoms with Crippen molar-refractivity contribution < 1.29 is 28.4 Å². The smallest absolute Gasteiger partial charge is 0.247 e. The van der Waals surface area contributed by atoms with Gasteiger partial charge in [0.2, 0.25) is 29.2 Å². The van der Waals surface area contributed by atoms with E-state index >= 15 is 0 Å². The lowest BCUT2D eigenvalue weighted by molar-refractivity contribution is -0.131. The van der Waals surface area contributed by atoms with E-state index in [2.05, 4.69) is 154 Å². The highest BCUT2D eigenvalue weighted by atomic mass is 16.5. The fourth-order valence-corrected chi connectivity index (χ4v) is 21.6. The van der Waals surface area contributed by atoms with E-state index in [1.165, 1.54) is 159 Å². The summed E-state index contributed by atoms with van der Waals surface area (Å²) in [6.45, 7) is 26.8. The van der Waals surface area contributed by atoms with E-state index in [1.807, 2.05) is 63.6 Å². The number of anilines is 9. The molecule has 17 heterocycles. The number of nitrogens with one attached hydrogen (secondary N) is 1. The van der Waals surface area contributed by atoms with Crippen LogP contribution < -0.4 is 30.1 Å². The number of aromatic amines is 1. The zero-order chi connectivity index (χ0) is 89.8. The van der Waals surface area contributed by atoms with Gasteiger partial charge >= 0.3 is 0 Å². The van der Waals surface area contributed by atoms with Crippen LogP contribution in [0, 0.1) is 13.8 Å². The van der Waals surface area contributed by atoms with Crippen LogP contribution in [0.5, 0.6) is 0 Å². The molecule has 8 aromatic heterocycles. The second-order valence-corrected chi connectivity index (χ2v) is 38.4. The van der Waals surface area contributed by atoms with Crippen LogP contribution in [-0.4, -0.2) is 185 Å². The molecule has 1 saturated heterocycles. The average molecular weight is 1780 g/mol. The molecule has 0 atom stereocenters. The molecule has 0 bridgehead atoms. The minimum atomic E-state index is -0.0893. The zero-order valence-corrected chi connectivity index (χ0v) is 77.1. The van der Waals surface area contributed by atoms with Gasteiger partial charge in [-0.3, -0.25) is 28.7 Å². The summed E-state index contributed by atoms with van der Waals surface area (Å²) in [6, 6.07) is 34.6. The third-order valence-electron chi connectivity index (χ3n) is 29.3. The molecular weight excluding hydrogens is 1660 g/mol. The summed E-state index contributed by atoms with van der Waals surface area (Å²) in [6.07, 6.45) is 26.0. The van der Waals surface area contributed by atoms with Crippen LogP contribution in [0.4, 0.5) is 51.8 Å². The molecule has 4 saturated carbocycles. The first kappa shape index (κ1) is 84.6. The van der Waals surface area contributed by atoms with Gasteiger partial charge in [-0.05, 0) is 239 Å². The van der Waals surface area contributed by atoms with E-state index in [1.54, 1.807) is 40.0 Å². The highest BCUT2D eigenvalue weighted by molar-refractivity contribution is 5.82. The van der Waals surface area contributed by atoms with Crippen LogP contribution >= 0.6 is 0 Å². The number of H-pyrrole nitrogens is 1. The predicted molar refractivity (Wildman–Crippen MR) is 508 cm³/mol. The van der Waals surface area contributed by atoms with Crippen LogP contribution in [0.2, 0.25) is 0 Å². The van der Waals surface area contributed by atoms with Crippen molar-refractivity contribution >= 4 is 75.5 Å². The SMILES string of the molecule is CC(=O)N1CCn2c(C3CC3)nc(N3CCCc4cc(-c5c(C)noc5C)ccc43)c2C1.CC(=O)N1CCn2c(C3CC3)nc(N3CCCc4cc(-c5ccc(=O)[nH]c5)ccc43)c2C1.CC(=O)N1CCn2c(C3CC3)nc(N3CCCc4cc(-c5ccnc(N6CCOCC6)c5)ccc43)c2C1.CC(=O)N1CCn2c(C3CC3)nc(N3CCCc4cc(-c5cnn(C)c5)ccc43)c2C1. The molecule has 4 aromatic carbocycles. The third kappa shape index (κ3) is 16.5. The van der Waals surface area contributed by atoms with Crippen molar-refractivity contribution in [2.24, 2.45) is 7.05 Å². The van der Waals surface area contributed by atoms with E-state index in [-0.39, 0.29) is 29.2 Å². The first-order chi connectivity index (χ1) is 64.3. The van der Waals surface area contributed by atoms with E-state index in [0.29, 0.717) is 49.9 Å². The van der Waals surface area contributed by atoms with Crippen molar-refractivity contribution in [1.82, 2.24) is 82.7 Å². The molecule has 5 fully saturated rings. The summed E-state index contributed by atoms with van der Waals surface area (Å²) in [7, 11) is 1.95. The highest BCUT2D eigenvalue weighted by Crippen LogP contribution is 2.51. The Morgan fingerprint density at radius 2 is 0.758 bits per heavy atom. The van der Waals surface area contributed by atoms with Gasteiger partial charge < -0.3 is 76.6 Å². The minimum absolute atomic E-state index is 0.0893. The van der Waals surface area contributed by atoms with Gasteiger partial charge in [0.25, 0.3) is 0 Å². The van der Waals surface area contributed by atoms with E-state index in [9.17, 15) is 24.0 Å². The van der Waals surface area contributed by atoms with E-state index in [0.717, 1.165) is 225 Å². The molecule has 13 aliphatic rings. The number of aryl methyl sites for hydroxylation is 7. The Morgan fingerprint density at radius 3 is 1.10 bits per heavy atom. The Balaban J connectivity index is 0.000000103. The molecule has 25 rings (SSSR count). The number of aromatic nitrogens is 13. The average Bonchev–Trinajstić information content (AvgIpc) is 1.60. The molecule has 12 aromatic rings. The molecule has 4 aliphatic carbocycles. The monoisotopic (exact) mass is 1770 g/mol. The molecule has 0 radical (unpaired) electrons. The van der Waals surface area contributed by atoms with Gasteiger partial charge in [-0.25, -0.2) is 24.9 Å². The van der Waals surface area contributed by atoms with Crippen molar-refractivity contribution in [3.8, 4) is 44.5 Å². The first-order valence-electron chi connectivity index (χ1n) is 48.2. The Hall–Kier alpha value is -12.9. The lowest BCUT2D eigenvalue weighted by Gasteiger charge is -2.33. The van der Waals surface area contributed by atoms with Crippen molar-refractivity contribution in [1.29, 1.82) is 0 Å². The number of hydrogen-bond acceptors (Lipinski definition) is 19. The first-order valence-corrected chi connectivity index (χ1v) is 48.2. The maximum Gasteiger partial charge on any atom is 0.247 e. The molecular formula is C103H118N22O7. The van der Waals surface area contributed by atoms with Crippen LogP contribution in [0.3, 0.4) is 0 Å². The number of nitrogens with zero attached hydrogens (tertiary/aromatic N) is 21. The number of carbonyl (C=O) groups excluding carboxylic acids is 4. The van der Waals surface area contributed by atoms with Crippen molar-refractivity contribution in [2.45, 2.75) is 220 Å². The predicted octanol–water partition coefficient (Wildman–Crippen LogP) is 15.8. The van der Waals surface area contributed by atoms with Gasteiger partial charge in [-0.15, -0.1) is 0 Å². The third-order valence-corrected chi connectivity index (χ3v) is 29.3. The summed E-state index contributed by atoms with van der Waals surface area (Å²) < 4.78 is 22.4. The molecule has 0 spiro atoms. The standard InChI is InChI=1S/C29H34N6O2.C25H29N5O2.C25H27N5O2.C24H28N6O/c1-20(36)33-11-12-35-26(19-33)29(31-28(35)21-4-5-21)34-10-2-3-24-17-22(6-7-25(24)34)23-8-9-30-27(18-23)32-13-15-37-16-14-32;1-15-23(16(2)32-27-15)20-8-9-21-19(13-20)5-4-10-29(21)25-22-14-28(17(3)31)11-12-30(22)24(26-25)18-6-7-18;1-16(31)28-11-12-30-22(15-28)25(27-24(30)17-4-5-17)29-10-2-3-19-13-18(6-8-21(19)29)20-7-9-23(32)26-14-20;1-16(31)28-10-11-30-22(15-28)24(26-23(30)17-5-6-17)29-9-3-4-19-12-18(7-8-21(19)29)20-13-25-27(2)14-20/h6-9,17-18,21H,2-5,10-16,19H2,1H3;8-9,13,18H,4-7,10-12,14H2,1-3H3;6-9,13-14,17H,2-5,10-12,15H2,1H3,(H,26,32);7-8,12-14,17H,3-6,9-11,15H2,1-2H3. The summed E-state index contributed by atoms with van der Waals surface area (Å²) >= 11 is 0. The number of amides is 4. The van der Waals surface area contributed by atoms with E-state index < -0.39 is 0 Å². The van der Waals surface area contributed by atoms with Gasteiger partial charge in [-0.2, -0.15) is 5.10 Å². The van der Waals surface area contributed by atoms with Gasteiger partial charge in [0, 0.05) is 209 Å². The van der Waals surface area contributed by atoms with Crippen LogP contribution in [-0.2, 0) is 109 Å². The van der Waals surface area contributed by atoms with Crippen LogP contribution in [0.15, 0.2) is 131 Å². The number of rotatable bonds is 13. The fourth-order valence-electron chi connectivity index (χ4n) is 21.6. The van der Waals surface area contributed by atoms with Gasteiger partial charge in [0.1, 0.15) is 34.9 Å². The molecule has 9 aliphatic heterocycles. The van der Waals surface area contributed by atoms with Crippen LogP contribution in [0.25, 0.3) is 44.5 Å². The quantitative estimate of drug-likeness (QED) is 0.112. The largest absolute Gasteiger partial charge is 0.378 e.